The van der Waals surface area contributed by atoms with Crippen molar-refractivity contribution in [1.29, 1.82) is 0 Å². The van der Waals surface area contributed by atoms with E-state index >= 15 is 0 Å². The average Bonchev–Trinajstić information content (AvgIpc) is 2.05. The molecule has 0 saturated carbocycles. The summed E-state index contributed by atoms with van der Waals surface area (Å²) in [5.41, 5.74) is 2.90. The van der Waals surface area contributed by atoms with Crippen LogP contribution in [0.25, 0.3) is 0 Å². The van der Waals surface area contributed by atoms with Crippen LogP contribution < -0.4 is 24.0 Å². The van der Waals surface area contributed by atoms with Gasteiger partial charge in [0.25, 0.3) is 0 Å². The summed E-state index contributed by atoms with van der Waals surface area (Å²) >= 11 is 0. The van der Waals surface area contributed by atoms with Gasteiger partial charge >= 0.3 is 5.95 Å². The first-order valence-corrected chi connectivity index (χ1v) is 4.33. The van der Waals surface area contributed by atoms with E-state index in [9.17, 15) is 5.11 Å². The van der Waals surface area contributed by atoms with E-state index in [0.717, 1.165) is 12.8 Å². The van der Waals surface area contributed by atoms with Gasteiger partial charge in [0.2, 0.25) is 0 Å². The number of hydrogen-bond acceptors (Lipinski definition) is 1. The van der Waals surface area contributed by atoms with E-state index in [0.29, 0.717) is 5.76 Å². The van der Waals surface area contributed by atoms with Crippen LogP contribution in [0.5, 0.6) is 0 Å². The maximum Gasteiger partial charge on any atom is 0.337 e. The van der Waals surface area contributed by atoms with Gasteiger partial charge in [-0.05, 0) is 12.5 Å². The zero-order valence-corrected chi connectivity index (χ0v) is 13.5. The Labute approximate surface area is 115 Å². The predicted molar refractivity (Wildman–Crippen MR) is 45.6 cm³/mol. The van der Waals surface area contributed by atoms with Gasteiger partial charge in [0, 0.05) is 32.0 Å². The van der Waals surface area contributed by atoms with Crippen LogP contribution in [0, 0.1) is 0 Å². The van der Waals surface area contributed by atoms with Crippen LogP contribution in [0.2, 0.25) is 0 Å². The van der Waals surface area contributed by atoms with Gasteiger partial charge in [-0.2, -0.15) is 0 Å². The van der Waals surface area contributed by atoms with Crippen LogP contribution >= 0.6 is 0 Å². The Morgan fingerprint density at radius 1 is 1.43 bits per heavy atom. The predicted octanol–water partition coefficient (Wildman–Crippen LogP) is -0.0907. The van der Waals surface area contributed by atoms with Crippen molar-refractivity contribution in [2.24, 2.45) is 0 Å². The van der Waals surface area contributed by atoms with Crippen molar-refractivity contribution in [2.75, 3.05) is 0 Å². The zero-order chi connectivity index (χ0) is 8.81. The normalized spacial score (nSPS) is 12.9. The molecule has 1 radical (unpaired) electrons. The Bertz CT molecular complexity index is 243. The van der Waals surface area contributed by atoms with Gasteiger partial charge in [0.05, 0.1) is 0 Å². The molecule has 1 aliphatic heterocycles. The molecule has 0 aliphatic carbocycles. The van der Waals surface area contributed by atoms with Gasteiger partial charge in [-0.3, -0.25) is 0 Å². The summed E-state index contributed by atoms with van der Waals surface area (Å²) in [6, 6.07) is 0. The molecule has 0 aromatic heterocycles. The second kappa shape index (κ2) is 9.76. The third kappa shape index (κ3) is 6.64. The van der Waals surface area contributed by atoms with Crippen molar-refractivity contribution < 1.29 is 53.3 Å². The van der Waals surface area contributed by atoms with E-state index in [2.05, 4.69) is 12.7 Å². The summed E-state index contributed by atoms with van der Waals surface area (Å²) in [4.78, 5) is 0. The topological polar surface area (TPSA) is 29.1 Å². The Hall–Kier alpha value is 0.213. The zero-order valence-electron chi connectivity index (χ0n) is 8.38. The quantitative estimate of drug-likeness (QED) is 0.299. The molecule has 1 aliphatic rings. The summed E-state index contributed by atoms with van der Waals surface area (Å²) in [6.45, 7) is 2.14. The molecule has 4 heteroatoms. The molecule has 0 unspecified atom stereocenters. The number of allylic oxidation sites excluding steroid dienone is 2. The molecule has 0 spiro atoms. The van der Waals surface area contributed by atoms with E-state index in [4.69, 9.17) is 4.74 Å². The number of unbranched alkanes of at least 4 members (excludes halogenated alkanes) is 2. The summed E-state index contributed by atoms with van der Waals surface area (Å²) < 4.78 is 4.91. The minimum atomic E-state index is -0.278. The molecule has 75 valence electrons. The van der Waals surface area contributed by atoms with Gasteiger partial charge in [-0.25, -0.2) is 5.11 Å². The number of halogens is 1. The maximum atomic E-state index is 10.7. The Morgan fingerprint density at radius 2 is 2.14 bits per heavy atom. The third-order valence-electron chi connectivity index (χ3n) is 1.69. The molecule has 0 saturated heterocycles. The fourth-order valence-corrected chi connectivity index (χ4v) is 1.05. The molecule has 0 aromatic carbocycles. The molecule has 0 aromatic rings. The van der Waals surface area contributed by atoms with Crippen molar-refractivity contribution in [2.45, 2.75) is 32.6 Å². The Balaban J connectivity index is 0. The van der Waals surface area contributed by atoms with Crippen LogP contribution in [-0.4, -0.2) is 0 Å². The maximum absolute atomic E-state index is 10.7. The molecular formula is C10H13IO2Zn-. The fraction of sp³-hybridized carbons (Fsp3) is 0.500. The van der Waals surface area contributed by atoms with E-state index < -0.39 is 0 Å². The van der Waals surface area contributed by atoms with Crippen molar-refractivity contribution >= 4 is 0 Å². The minimum Gasteiger partial charge on any atom is -1.00 e. The SMILES string of the molecule is CCCCCC1=C=CC=C([O])O1.[I-].[Zn]. The van der Waals surface area contributed by atoms with Crippen molar-refractivity contribution in [1.82, 2.24) is 0 Å². The molecule has 0 fully saturated rings. The van der Waals surface area contributed by atoms with Gasteiger partial charge in [0.1, 0.15) is 5.76 Å². The molecule has 0 N–H and O–H groups in total. The van der Waals surface area contributed by atoms with Crippen LogP contribution in [0.4, 0.5) is 0 Å². The van der Waals surface area contributed by atoms with E-state index in [1.807, 2.05) is 0 Å². The first-order chi connectivity index (χ1) is 5.83. The van der Waals surface area contributed by atoms with E-state index in [-0.39, 0.29) is 49.4 Å². The molecule has 1 rings (SSSR count). The molecule has 0 atom stereocenters. The smallest absolute Gasteiger partial charge is 0.337 e. The van der Waals surface area contributed by atoms with Gasteiger partial charge < -0.3 is 28.7 Å². The van der Waals surface area contributed by atoms with Crippen LogP contribution in [0.3, 0.4) is 0 Å². The molecular weight excluding hydrogens is 344 g/mol. The second-order valence-corrected chi connectivity index (χ2v) is 2.78. The minimum absolute atomic E-state index is 0. The molecule has 2 nitrogen and oxygen atoms in total. The molecule has 0 bridgehead atoms. The molecule has 14 heavy (non-hydrogen) atoms. The Morgan fingerprint density at radius 3 is 2.71 bits per heavy atom. The van der Waals surface area contributed by atoms with Crippen molar-refractivity contribution in [3.63, 3.8) is 0 Å². The largest absolute Gasteiger partial charge is 1.00 e. The number of rotatable bonds is 4. The van der Waals surface area contributed by atoms with E-state index in [1.165, 1.54) is 18.9 Å². The Kier molecular flexibility index (Phi) is 11.6. The fourth-order valence-electron chi connectivity index (χ4n) is 1.05. The third-order valence-corrected chi connectivity index (χ3v) is 1.69. The van der Waals surface area contributed by atoms with Gasteiger partial charge in [-0.15, -0.1) is 0 Å². The molecule has 1 heterocycles. The standard InChI is InChI=1S/C10H13O2.HI.Zn/c1-2-3-4-6-9-7-5-8-10(11)12-9;;/h5,8H,2-4,6H2,1H3;1H;/p-1. The number of ether oxygens (including phenoxy) is 1. The monoisotopic (exact) mass is 356 g/mol. The van der Waals surface area contributed by atoms with Crippen molar-refractivity contribution in [3.05, 3.63) is 29.6 Å². The van der Waals surface area contributed by atoms with Gasteiger partial charge in [-0.1, -0.05) is 25.5 Å². The summed E-state index contributed by atoms with van der Waals surface area (Å²) in [5.74, 6) is 0.399. The number of hydrogen-bond donors (Lipinski definition) is 0. The van der Waals surface area contributed by atoms with E-state index in [1.54, 1.807) is 6.08 Å². The van der Waals surface area contributed by atoms with Crippen LogP contribution in [0.1, 0.15) is 32.6 Å². The first-order valence-electron chi connectivity index (χ1n) is 4.33. The summed E-state index contributed by atoms with van der Waals surface area (Å²) in [6.07, 6.45) is 7.24. The van der Waals surface area contributed by atoms with Crippen LogP contribution in [-0.2, 0) is 29.3 Å². The average molecular weight is 358 g/mol. The first kappa shape index (κ1) is 16.6. The van der Waals surface area contributed by atoms with Crippen LogP contribution in [0.15, 0.2) is 29.6 Å². The second-order valence-electron chi connectivity index (χ2n) is 2.78. The summed E-state index contributed by atoms with van der Waals surface area (Å²) in [7, 11) is 0. The van der Waals surface area contributed by atoms with Gasteiger partial charge in [0.15, 0.2) is 0 Å². The van der Waals surface area contributed by atoms with Crippen molar-refractivity contribution in [3.8, 4) is 0 Å². The summed E-state index contributed by atoms with van der Waals surface area (Å²) in [5, 5.41) is 10.7. The molecule has 0 amide bonds.